The predicted octanol–water partition coefficient (Wildman–Crippen LogP) is 3.19. The average Bonchev–Trinajstić information content (AvgIpc) is 2.72. The lowest BCUT2D eigenvalue weighted by molar-refractivity contribution is 0.0999. The topological polar surface area (TPSA) is 109 Å². The molecule has 6 heteroatoms. The quantitative estimate of drug-likeness (QED) is 0.491. The van der Waals surface area contributed by atoms with E-state index in [1.54, 1.807) is 30.6 Å². The van der Waals surface area contributed by atoms with Gasteiger partial charge < -0.3 is 15.8 Å². The van der Waals surface area contributed by atoms with Crippen molar-refractivity contribution < 1.29 is 9.90 Å². The Morgan fingerprint density at radius 2 is 1.90 bits per heavy atom. The van der Waals surface area contributed by atoms with E-state index in [1.165, 1.54) is 0 Å². The standard InChI is InChI=1S/C23H18N3O3/c24-23(29)18-4-2-1-3-15(18)6-5-14-9-17(13-25-12-14)16-7-8-20-19(10-16)21(27)11-22(28)26-20/h1-5,7-13H,6H2,(H2,24,29)(H2,26,27,28). The first-order valence-electron chi connectivity index (χ1n) is 9.03. The SMILES string of the molecule is NC(=O)c1ccccc1C[CH]c1cncc(-c2ccc3[nH]c(=O)cc(O)c3c2)c1. The van der Waals surface area contributed by atoms with Crippen LogP contribution >= 0.6 is 0 Å². The minimum Gasteiger partial charge on any atom is -0.507 e. The van der Waals surface area contributed by atoms with Crippen molar-refractivity contribution in [2.24, 2.45) is 5.73 Å². The Bertz CT molecular complexity index is 1280. The summed E-state index contributed by atoms with van der Waals surface area (Å²) in [6.07, 6.45) is 6.00. The van der Waals surface area contributed by atoms with E-state index in [0.29, 0.717) is 22.9 Å². The summed E-state index contributed by atoms with van der Waals surface area (Å²) in [5, 5.41) is 10.6. The van der Waals surface area contributed by atoms with Gasteiger partial charge in [-0.3, -0.25) is 14.6 Å². The van der Waals surface area contributed by atoms with Crippen molar-refractivity contribution in [3.05, 3.63) is 100 Å². The first-order chi connectivity index (χ1) is 14.0. The number of aromatic amines is 1. The van der Waals surface area contributed by atoms with E-state index in [0.717, 1.165) is 28.3 Å². The predicted molar refractivity (Wildman–Crippen MR) is 112 cm³/mol. The van der Waals surface area contributed by atoms with Gasteiger partial charge in [0.15, 0.2) is 0 Å². The third kappa shape index (κ3) is 3.87. The van der Waals surface area contributed by atoms with Gasteiger partial charge in [0.25, 0.3) is 5.56 Å². The normalized spacial score (nSPS) is 10.9. The highest BCUT2D eigenvalue weighted by Crippen LogP contribution is 2.28. The number of nitrogens with zero attached hydrogens (tertiary/aromatic N) is 1. The molecule has 4 aromatic rings. The molecule has 0 atom stereocenters. The van der Waals surface area contributed by atoms with Gasteiger partial charge in [-0.05, 0) is 53.8 Å². The molecule has 0 aliphatic rings. The van der Waals surface area contributed by atoms with Crippen molar-refractivity contribution in [3.8, 4) is 16.9 Å². The summed E-state index contributed by atoms with van der Waals surface area (Å²) >= 11 is 0. The van der Waals surface area contributed by atoms with Crippen LogP contribution in [0.2, 0.25) is 0 Å². The molecule has 0 saturated heterocycles. The molecule has 1 amide bonds. The van der Waals surface area contributed by atoms with Crippen LogP contribution in [0.3, 0.4) is 0 Å². The van der Waals surface area contributed by atoms with Gasteiger partial charge in [-0.1, -0.05) is 24.3 Å². The van der Waals surface area contributed by atoms with Gasteiger partial charge in [-0.2, -0.15) is 0 Å². The molecule has 6 nitrogen and oxygen atoms in total. The minimum atomic E-state index is -0.449. The van der Waals surface area contributed by atoms with Crippen molar-refractivity contribution in [1.82, 2.24) is 9.97 Å². The van der Waals surface area contributed by atoms with E-state index in [9.17, 15) is 14.7 Å². The van der Waals surface area contributed by atoms with Gasteiger partial charge in [-0.15, -0.1) is 0 Å². The van der Waals surface area contributed by atoms with Crippen LogP contribution in [0.15, 0.2) is 71.8 Å². The molecular weight excluding hydrogens is 366 g/mol. The number of fused-ring (bicyclic) bond motifs is 1. The number of nitrogens with one attached hydrogen (secondary N) is 1. The van der Waals surface area contributed by atoms with Crippen LogP contribution in [0.25, 0.3) is 22.0 Å². The molecule has 4 N–H and O–H groups in total. The zero-order chi connectivity index (χ0) is 20.4. The number of aromatic hydroxyl groups is 1. The van der Waals surface area contributed by atoms with E-state index in [2.05, 4.69) is 9.97 Å². The van der Waals surface area contributed by atoms with E-state index in [-0.39, 0.29) is 11.3 Å². The summed E-state index contributed by atoms with van der Waals surface area (Å²) in [5.74, 6) is -0.515. The van der Waals surface area contributed by atoms with Gasteiger partial charge in [0.2, 0.25) is 5.91 Å². The number of primary amides is 1. The van der Waals surface area contributed by atoms with Crippen molar-refractivity contribution in [3.63, 3.8) is 0 Å². The smallest absolute Gasteiger partial charge is 0.252 e. The van der Waals surface area contributed by atoms with Gasteiger partial charge >= 0.3 is 0 Å². The van der Waals surface area contributed by atoms with E-state index in [1.807, 2.05) is 36.8 Å². The average molecular weight is 384 g/mol. The maximum atomic E-state index is 11.6. The van der Waals surface area contributed by atoms with Crippen LogP contribution in [0, 0.1) is 6.42 Å². The number of carbonyl (C=O) groups excluding carboxylic acids is 1. The number of hydrogen-bond acceptors (Lipinski definition) is 4. The Balaban J connectivity index is 1.62. The summed E-state index contributed by atoms with van der Waals surface area (Å²) in [6, 6.07) is 15.8. The maximum absolute atomic E-state index is 11.6. The van der Waals surface area contributed by atoms with Crippen molar-refractivity contribution in [1.29, 1.82) is 0 Å². The number of H-pyrrole nitrogens is 1. The van der Waals surface area contributed by atoms with Gasteiger partial charge in [-0.25, -0.2) is 0 Å². The minimum absolute atomic E-state index is 0.0654. The molecule has 0 aliphatic heterocycles. The number of pyridine rings is 2. The second-order valence-electron chi connectivity index (χ2n) is 6.72. The maximum Gasteiger partial charge on any atom is 0.252 e. The molecule has 2 aromatic carbocycles. The second-order valence-corrected chi connectivity index (χ2v) is 6.72. The molecule has 143 valence electrons. The second kappa shape index (κ2) is 7.59. The zero-order valence-corrected chi connectivity index (χ0v) is 15.4. The Hall–Kier alpha value is -3.93. The molecule has 0 aliphatic carbocycles. The third-order valence-corrected chi connectivity index (χ3v) is 4.75. The molecule has 29 heavy (non-hydrogen) atoms. The number of aromatic nitrogens is 2. The molecule has 0 saturated carbocycles. The van der Waals surface area contributed by atoms with Crippen molar-refractivity contribution >= 4 is 16.8 Å². The molecule has 2 aromatic heterocycles. The first kappa shape index (κ1) is 18.4. The van der Waals surface area contributed by atoms with Crippen LogP contribution < -0.4 is 11.3 Å². The molecule has 0 bridgehead atoms. The highest BCUT2D eigenvalue weighted by Gasteiger charge is 2.09. The fourth-order valence-corrected chi connectivity index (χ4v) is 3.31. The fourth-order valence-electron chi connectivity index (χ4n) is 3.31. The van der Waals surface area contributed by atoms with Crippen LogP contribution in [-0.4, -0.2) is 21.0 Å². The Morgan fingerprint density at radius 3 is 2.72 bits per heavy atom. The van der Waals surface area contributed by atoms with Gasteiger partial charge in [0.05, 0.1) is 5.52 Å². The summed E-state index contributed by atoms with van der Waals surface area (Å²) in [5.41, 5.74) is 9.65. The lowest BCUT2D eigenvalue weighted by atomic mass is 9.98. The monoisotopic (exact) mass is 384 g/mol. The van der Waals surface area contributed by atoms with E-state index >= 15 is 0 Å². The lowest BCUT2D eigenvalue weighted by Gasteiger charge is -2.09. The van der Waals surface area contributed by atoms with Crippen molar-refractivity contribution in [2.75, 3.05) is 0 Å². The summed E-state index contributed by atoms with van der Waals surface area (Å²) in [6.45, 7) is 0. The van der Waals surface area contributed by atoms with Gasteiger partial charge in [0, 0.05) is 35.0 Å². The number of carbonyl (C=O) groups is 1. The fraction of sp³-hybridized carbons (Fsp3) is 0.0435. The van der Waals surface area contributed by atoms with Crippen LogP contribution in [-0.2, 0) is 6.42 Å². The number of rotatable bonds is 5. The van der Waals surface area contributed by atoms with E-state index < -0.39 is 5.91 Å². The first-order valence-corrected chi connectivity index (χ1v) is 9.03. The molecule has 0 spiro atoms. The number of benzene rings is 2. The van der Waals surface area contributed by atoms with Crippen LogP contribution in [0.1, 0.15) is 21.5 Å². The largest absolute Gasteiger partial charge is 0.507 e. The van der Waals surface area contributed by atoms with Crippen LogP contribution in [0.4, 0.5) is 0 Å². The molecule has 0 fully saturated rings. The highest BCUT2D eigenvalue weighted by atomic mass is 16.3. The van der Waals surface area contributed by atoms with E-state index in [4.69, 9.17) is 5.73 Å². The molecule has 1 radical (unpaired) electrons. The van der Waals surface area contributed by atoms with Crippen molar-refractivity contribution in [2.45, 2.75) is 6.42 Å². The summed E-state index contributed by atoms with van der Waals surface area (Å²) in [7, 11) is 0. The molecule has 4 rings (SSSR count). The zero-order valence-electron chi connectivity index (χ0n) is 15.4. The number of amides is 1. The number of nitrogens with two attached hydrogens (primary N) is 1. The lowest BCUT2D eigenvalue weighted by Crippen LogP contribution is -2.13. The Labute approximate surface area is 166 Å². The number of hydrogen-bond donors (Lipinski definition) is 3. The Kier molecular flexibility index (Phi) is 4.83. The summed E-state index contributed by atoms with van der Waals surface area (Å²) in [4.78, 5) is 30.1. The summed E-state index contributed by atoms with van der Waals surface area (Å²) < 4.78 is 0. The van der Waals surface area contributed by atoms with Crippen LogP contribution in [0.5, 0.6) is 5.75 Å². The highest BCUT2D eigenvalue weighted by molar-refractivity contribution is 5.94. The van der Waals surface area contributed by atoms with Gasteiger partial charge in [0.1, 0.15) is 5.75 Å². The third-order valence-electron chi connectivity index (χ3n) is 4.75. The molecular formula is C23H18N3O3. The molecule has 2 heterocycles. The molecule has 0 unspecified atom stereocenters. The Morgan fingerprint density at radius 1 is 1.07 bits per heavy atom.